The SMILES string of the molecule is c1ccc(-c2nc3ccc(-c4ccc(N5c6ccccc6Sc6ccccc65)cc4)cc3c3c2ccc2sc4ccccc4c23)cc1. The van der Waals surface area contributed by atoms with Gasteiger partial charge in [-0.25, -0.2) is 4.98 Å². The van der Waals surface area contributed by atoms with E-state index in [-0.39, 0.29) is 0 Å². The van der Waals surface area contributed by atoms with Crippen LogP contribution in [0.25, 0.3) is 64.2 Å². The van der Waals surface area contributed by atoms with E-state index in [1.54, 1.807) is 0 Å². The largest absolute Gasteiger partial charge is 0.308 e. The lowest BCUT2D eigenvalue weighted by Gasteiger charge is -2.32. The Bertz CT molecular complexity index is 2610. The Kier molecular flexibility index (Phi) is 6.01. The second-order valence-electron chi connectivity index (χ2n) is 11.9. The van der Waals surface area contributed by atoms with Gasteiger partial charge in [-0.05, 0) is 71.8 Å². The predicted octanol–water partition coefficient (Wildman–Crippen LogP) is 13.0. The van der Waals surface area contributed by atoms with Gasteiger partial charge in [0.05, 0.1) is 22.6 Å². The average Bonchev–Trinajstić information content (AvgIpc) is 3.53. The lowest BCUT2D eigenvalue weighted by Crippen LogP contribution is -2.14. The summed E-state index contributed by atoms with van der Waals surface area (Å²) in [6, 6.07) is 57.0. The van der Waals surface area contributed by atoms with Crippen molar-refractivity contribution in [3.8, 4) is 22.4 Å². The van der Waals surface area contributed by atoms with Crippen LogP contribution in [-0.2, 0) is 0 Å². The molecule has 0 fully saturated rings. The zero-order valence-corrected chi connectivity index (χ0v) is 26.9. The first-order valence-electron chi connectivity index (χ1n) is 15.8. The molecule has 1 aliphatic rings. The number of thiophene rings is 1. The van der Waals surface area contributed by atoms with Gasteiger partial charge in [-0.15, -0.1) is 11.3 Å². The van der Waals surface area contributed by atoms with E-state index in [4.69, 9.17) is 4.98 Å². The van der Waals surface area contributed by atoms with Crippen LogP contribution in [0.1, 0.15) is 0 Å². The molecule has 0 saturated carbocycles. The molecule has 0 saturated heterocycles. The Morgan fingerprint density at radius 2 is 1.13 bits per heavy atom. The number of aromatic nitrogens is 1. The highest BCUT2D eigenvalue weighted by atomic mass is 32.2. The van der Waals surface area contributed by atoms with Crippen LogP contribution in [0, 0.1) is 0 Å². The Morgan fingerprint density at radius 1 is 0.447 bits per heavy atom. The highest BCUT2D eigenvalue weighted by Crippen LogP contribution is 2.51. The van der Waals surface area contributed by atoms with E-state index in [9.17, 15) is 0 Å². The summed E-state index contributed by atoms with van der Waals surface area (Å²) in [5.74, 6) is 0. The molecule has 0 N–H and O–H groups in total. The number of nitrogens with zero attached hydrogens (tertiary/aromatic N) is 2. The third-order valence-electron chi connectivity index (χ3n) is 9.23. The summed E-state index contributed by atoms with van der Waals surface area (Å²) < 4.78 is 2.62. The van der Waals surface area contributed by atoms with E-state index in [1.165, 1.54) is 68.6 Å². The normalized spacial score (nSPS) is 12.6. The minimum absolute atomic E-state index is 1.01. The fourth-order valence-electron chi connectivity index (χ4n) is 7.09. The fourth-order valence-corrected chi connectivity index (χ4v) is 9.26. The second-order valence-corrected chi connectivity index (χ2v) is 14.1. The van der Waals surface area contributed by atoms with Crippen LogP contribution in [0.5, 0.6) is 0 Å². The van der Waals surface area contributed by atoms with Crippen molar-refractivity contribution in [2.45, 2.75) is 9.79 Å². The van der Waals surface area contributed by atoms with E-state index < -0.39 is 0 Å². The van der Waals surface area contributed by atoms with Crippen LogP contribution in [0.3, 0.4) is 0 Å². The van der Waals surface area contributed by atoms with E-state index in [2.05, 4.69) is 163 Å². The van der Waals surface area contributed by atoms with Gasteiger partial charge in [-0.2, -0.15) is 0 Å². The summed E-state index contributed by atoms with van der Waals surface area (Å²) in [5.41, 5.74) is 9.14. The van der Waals surface area contributed by atoms with Gasteiger partial charge >= 0.3 is 0 Å². The van der Waals surface area contributed by atoms with Crippen LogP contribution in [0.4, 0.5) is 17.1 Å². The van der Waals surface area contributed by atoms with Gasteiger partial charge in [0.2, 0.25) is 0 Å². The standard InChI is InChI=1S/C43H26N2S2/c1-2-10-28(11-3-1)43-32-23-25-40-42(31-12-4-7-15-37(31)46-40)41(32)33-26-29(20-24-34(33)44-43)27-18-21-30(22-19-27)45-35-13-5-8-16-38(35)47-39-17-9-6-14-36(39)45/h1-26H. The quantitative estimate of drug-likeness (QED) is 0.180. The topological polar surface area (TPSA) is 16.1 Å². The molecular formula is C43H26N2S2. The Morgan fingerprint density at radius 3 is 1.91 bits per heavy atom. The molecule has 2 nitrogen and oxygen atoms in total. The first-order valence-corrected chi connectivity index (χ1v) is 17.4. The molecule has 0 unspecified atom stereocenters. The van der Waals surface area contributed by atoms with Crippen LogP contribution in [0.2, 0.25) is 0 Å². The van der Waals surface area contributed by atoms with E-state index >= 15 is 0 Å². The highest BCUT2D eigenvalue weighted by molar-refractivity contribution is 7.99. The van der Waals surface area contributed by atoms with Crippen LogP contribution >= 0.6 is 23.1 Å². The number of rotatable bonds is 3. The monoisotopic (exact) mass is 634 g/mol. The highest BCUT2D eigenvalue weighted by Gasteiger charge is 2.24. The Hall–Kier alpha value is -5.42. The summed E-state index contributed by atoms with van der Waals surface area (Å²) in [6.45, 7) is 0. The summed E-state index contributed by atoms with van der Waals surface area (Å²) in [4.78, 5) is 10.2. The van der Waals surface area contributed by atoms with Gasteiger partial charge in [-0.1, -0.05) is 109 Å². The van der Waals surface area contributed by atoms with Crippen molar-refractivity contribution >= 4 is 82.0 Å². The van der Waals surface area contributed by atoms with E-state index in [0.717, 1.165) is 22.5 Å². The minimum atomic E-state index is 1.01. The van der Waals surface area contributed by atoms with Crippen LogP contribution in [-0.4, -0.2) is 4.98 Å². The summed E-state index contributed by atoms with van der Waals surface area (Å²) >= 11 is 3.70. The van der Waals surface area contributed by atoms with Crippen LogP contribution in [0.15, 0.2) is 168 Å². The number of hydrogen-bond donors (Lipinski definition) is 0. The maximum absolute atomic E-state index is 5.29. The molecule has 9 aromatic rings. The number of benzene rings is 7. The van der Waals surface area contributed by atoms with Crippen LogP contribution < -0.4 is 4.90 Å². The van der Waals surface area contributed by atoms with Gasteiger partial charge in [0, 0.05) is 57.4 Å². The first kappa shape index (κ1) is 26.8. The van der Waals surface area contributed by atoms with Crippen molar-refractivity contribution in [2.75, 3.05) is 4.90 Å². The Balaban J connectivity index is 1.17. The van der Waals surface area contributed by atoms with Crippen molar-refractivity contribution in [3.63, 3.8) is 0 Å². The van der Waals surface area contributed by atoms with Crippen molar-refractivity contribution in [1.29, 1.82) is 0 Å². The number of hydrogen-bond acceptors (Lipinski definition) is 4. The molecule has 0 bridgehead atoms. The molecule has 10 rings (SSSR count). The summed E-state index contributed by atoms with van der Waals surface area (Å²) in [6.07, 6.45) is 0. The molecule has 0 amide bonds. The van der Waals surface area contributed by atoms with Gasteiger partial charge < -0.3 is 4.90 Å². The first-order chi connectivity index (χ1) is 23.3. The molecule has 3 heterocycles. The number of fused-ring (bicyclic) bond motifs is 9. The number of anilines is 3. The average molecular weight is 635 g/mol. The molecule has 220 valence electrons. The molecule has 1 aliphatic heterocycles. The zero-order chi connectivity index (χ0) is 30.9. The third kappa shape index (κ3) is 4.22. The molecular weight excluding hydrogens is 609 g/mol. The van der Waals surface area contributed by atoms with E-state index in [0.29, 0.717) is 0 Å². The molecule has 7 aromatic carbocycles. The summed E-state index contributed by atoms with van der Waals surface area (Å²) in [7, 11) is 0. The maximum Gasteiger partial charge on any atom is 0.0788 e. The van der Waals surface area contributed by atoms with Crippen molar-refractivity contribution < 1.29 is 0 Å². The fraction of sp³-hybridized carbons (Fsp3) is 0. The van der Waals surface area contributed by atoms with Crippen molar-refractivity contribution in [1.82, 2.24) is 4.98 Å². The molecule has 0 aliphatic carbocycles. The molecule has 0 radical (unpaired) electrons. The van der Waals surface area contributed by atoms with Gasteiger partial charge in [-0.3, -0.25) is 0 Å². The molecule has 47 heavy (non-hydrogen) atoms. The van der Waals surface area contributed by atoms with Gasteiger partial charge in [0.1, 0.15) is 0 Å². The van der Waals surface area contributed by atoms with Crippen molar-refractivity contribution in [2.24, 2.45) is 0 Å². The molecule has 2 aromatic heterocycles. The molecule has 4 heteroatoms. The third-order valence-corrected chi connectivity index (χ3v) is 11.5. The number of pyridine rings is 1. The van der Waals surface area contributed by atoms with Crippen molar-refractivity contribution in [3.05, 3.63) is 158 Å². The second kappa shape index (κ2) is 10.6. The minimum Gasteiger partial charge on any atom is -0.308 e. The number of para-hydroxylation sites is 2. The lowest BCUT2D eigenvalue weighted by atomic mass is 9.94. The molecule has 0 atom stereocenters. The Labute approximate surface area is 280 Å². The smallest absolute Gasteiger partial charge is 0.0788 e. The predicted molar refractivity (Wildman–Crippen MR) is 202 cm³/mol. The maximum atomic E-state index is 5.29. The van der Waals surface area contributed by atoms with E-state index in [1.807, 2.05) is 23.1 Å². The van der Waals surface area contributed by atoms with Gasteiger partial charge in [0.15, 0.2) is 0 Å². The summed E-state index contributed by atoms with van der Waals surface area (Å²) in [5, 5.41) is 6.28. The molecule has 0 spiro atoms. The zero-order valence-electron chi connectivity index (χ0n) is 25.2. The van der Waals surface area contributed by atoms with Gasteiger partial charge in [0.25, 0.3) is 0 Å². The lowest BCUT2D eigenvalue weighted by molar-refractivity contribution is 1.17.